The molecule has 0 unspecified atom stereocenters. The van der Waals surface area contributed by atoms with Gasteiger partial charge in [-0.2, -0.15) is 0 Å². The second-order valence-electron chi connectivity index (χ2n) is 2.24. The van der Waals surface area contributed by atoms with Crippen molar-refractivity contribution in [3.63, 3.8) is 0 Å². The van der Waals surface area contributed by atoms with E-state index >= 15 is 0 Å². The van der Waals surface area contributed by atoms with E-state index in [1.54, 1.807) is 7.11 Å². The summed E-state index contributed by atoms with van der Waals surface area (Å²) in [6.45, 7) is 1.94. The minimum Gasteiger partial charge on any atom is -0.481 e. The molecule has 0 fully saturated rings. The molecule has 60 valence electrons. The number of aryl methyl sites for hydroxylation is 1. The lowest BCUT2D eigenvalue weighted by Crippen LogP contribution is -1.95. The third-order valence-corrected chi connectivity index (χ3v) is 1.54. The molecule has 1 heterocycles. The van der Waals surface area contributed by atoms with E-state index < -0.39 is 0 Å². The Morgan fingerprint density at radius 3 is 2.64 bits per heavy atom. The summed E-state index contributed by atoms with van der Waals surface area (Å²) in [4.78, 5) is 4.18. The van der Waals surface area contributed by atoms with Gasteiger partial charge in [-0.25, -0.2) is 4.98 Å². The van der Waals surface area contributed by atoms with Crippen LogP contribution >= 0.6 is 0 Å². The van der Waals surface area contributed by atoms with Crippen molar-refractivity contribution in [3.05, 3.63) is 17.8 Å². The maximum Gasteiger partial charge on any atom is 0.213 e. The Bertz CT molecular complexity index is 248. The van der Waals surface area contributed by atoms with Crippen LogP contribution in [0, 0.1) is 6.92 Å². The van der Waals surface area contributed by atoms with Crippen molar-refractivity contribution in [2.24, 2.45) is 0 Å². The summed E-state index contributed by atoms with van der Waals surface area (Å²) in [5.74, 6) is 0.654. The van der Waals surface area contributed by atoms with E-state index in [1.165, 1.54) is 0 Å². The molecular weight excluding hydrogens is 140 g/mol. The molecular formula is C8H12N2O. The van der Waals surface area contributed by atoms with Gasteiger partial charge in [-0.1, -0.05) is 0 Å². The number of methoxy groups -OCH3 is 1. The van der Waals surface area contributed by atoms with Crippen LogP contribution in [0.1, 0.15) is 5.69 Å². The Hall–Kier alpha value is -1.25. The summed E-state index contributed by atoms with van der Waals surface area (Å²) in [5, 5.41) is 3.03. The molecule has 0 aliphatic rings. The quantitative estimate of drug-likeness (QED) is 0.696. The lowest BCUT2D eigenvalue weighted by Gasteiger charge is -2.04. The fraction of sp³-hybridized carbons (Fsp3) is 0.375. The second-order valence-corrected chi connectivity index (χ2v) is 2.24. The van der Waals surface area contributed by atoms with E-state index in [1.807, 2.05) is 26.1 Å². The van der Waals surface area contributed by atoms with Crippen LogP contribution in [0.5, 0.6) is 5.88 Å². The summed E-state index contributed by atoms with van der Waals surface area (Å²) in [7, 11) is 3.48. The van der Waals surface area contributed by atoms with Gasteiger partial charge in [0.1, 0.15) is 0 Å². The number of aromatic nitrogens is 1. The second kappa shape index (κ2) is 3.23. The van der Waals surface area contributed by atoms with Crippen LogP contribution in [0.15, 0.2) is 12.1 Å². The third-order valence-electron chi connectivity index (χ3n) is 1.54. The van der Waals surface area contributed by atoms with Crippen molar-refractivity contribution >= 4 is 5.69 Å². The van der Waals surface area contributed by atoms with Crippen molar-refractivity contribution in [2.75, 3.05) is 19.5 Å². The van der Waals surface area contributed by atoms with E-state index in [4.69, 9.17) is 4.74 Å². The van der Waals surface area contributed by atoms with Gasteiger partial charge < -0.3 is 10.1 Å². The Morgan fingerprint density at radius 2 is 2.18 bits per heavy atom. The molecule has 11 heavy (non-hydrogen) atoms. The molecule has 0 aliphatic carbocycles. The smallest absolute Gasteiger partial charge is 0.213 e. The Morgan fingerprint density at radius 1 is 1.45 bits per heavy atom. The zero-order valence-electron chi connectivity index (χ0n) is 7.01. The Kier molecular flexibility index (Phi) is 2.31. The molecule has 0 amide bonds. The third kappa shape index (κ3) is 1.61. The summed E-state index contributed by atoms with van der Waals surface area (Å²) < 4.78 is 4.96. The molecule has 0 atom stereocenters. The van der Waals surface area contributed by atoms with Crippen LogP contribution in [-0.4, -0.2) is 19.1 Å². The molecule has 0 spiro atoms. The van der Waals surface area contributed by atoms with Gasteiger partial charge in [0.05, 0.1) is 18.5 Å². The van der Waals surface area contributed by atoms with Crippen molar-refractivity contribution in [2.45, 2.75) is 6.92 Å². The van der Waals surface area contributed by atoms with Crippen molar-refractivity contribution in [1.82, 2.24) is 4.98 Å². The molecule has 1 rings (SSSR count). The summed E-state index contributed by atoms with van der Waals surface area (Å²) in [6, 6.07) is 3.78. The molecule has 0 aliphatic heterocycles. The minimum atomic E-state index is 0.654. The monoisotopic (exact) mass is 152 g/mol. The van der Waals surface area contributed by atoms with E-state index in [2.05, 4.69) is 10.3 Å². The number of hydrogen-bond donors (Lipinski definition) is 1. The van der Waals surface area contributed by atoms with Crippen molar-refractivity contribution in [1.29, 1.82) is 0 Å². The van der Waals surface area contributed by atoms with Crippen molar-refractivity contribution < 1.29 is 4.74 Å². The number of nitrogens with one attached hydrogen (secondary N) is 1. The molecule has 1 aromatic rings. The van der Waals surface area contributed by atoms with E-state index in [0.717, 1.165) is 11.4 Å². The summed E-state index contributed by atoms with van der Waals surface area (Å²) >= 11 is 0. The normalized spacial score (nSPS) is 9.36. The molecule has 0 bridgehead atoms. The Balaban J connectivity index is 2.99. The Labute approximate surface area is 66.4 Å². The maximum absolute atomic E-state index is 4.96. The van der Waals surface area contributed by atoms with Crippen LogP contribution in [0.25, 0.3) is 0 Å². The minimum absolute atomic E-state index is 0.654. The first-order chi connectivity index (χ1) is 5.27. The predicted octanol–water partition coefficient (Wildman–Crippen LogP) is 1.44. The van der Waals surface area contributed by atoms with Gasteiger partial charge in [0.25, 0.3) is 0 Å². The fourth-order valence-electron chi connectivity index (χ4n) is 0.916. The first-order valence-corrected chi connectivity index (χ1v) is 3.47. The van der Waals surface area contributed by atoms with Gasteiger partial charge in [-0.3, -0.25) is 0 Å². The van der Waals surface area contributed by atoms with Gasteiger partial charge in [-0.05, 0) is 13.0 Å². The van der Waals surface area contributed by atoms with Crippen LogP contribution in [-0.2, 0) is 0 Å². The molecule has 0 saturated heterocycles. The highest BCUT2D eigenvalue weighted by Crippen LogP contribution is 2.15. The van der Waals surface area contributed by atoms with Gasteiger partial charge in [0.15, 0.2) is 0 Å². The molecule has 0 radical (unpaired) electrons. The predicted molar refractivity (Wildman–Crippen MR) is 45.1 cm³/mol. The number of hydrogen-bond acceptors (Lipinski definition) is 3. The van der Waals surface area contributed by atoms with Crippen LogP contribution < -0.4 is 10.1 Å². The molecule has 0 aromatic carbocycles. The van der Waals surface area contributed by atoms with Gasteiger partial charge in [0, 0.05) is 13.1 Å². The SMILES string of the molecule is CNc1ccc(OC)nc1C. The summed E-state index contributed by atoms with van der Waals surface area (Å²) in [6.07, 6.45) is 0. The number of ether oxygens (including phenoxy) is 1. The number of rotatable bonds is 2. The highest BCUT2D eigenvalue weighted by Gasteiger charge is 1.97. The zero-order valence-corrected chi connectivity index (χ0v) is 7.01. The standard InChI is InChI=1S/C8H12N2O/c1-6-7(9-2)4-5-8(10-6)11-3/h4-5,9H,1-3H3. The fourth-order valence-corrected chi connectivity index (χ4v) is 0.916. The highest BCUT2D eigenvalue weighted by molar-refractivity contribution is 5.47. The molecule has 1 N–H and O–H groups in total. The molecule has 3 nitrogen and oxygen atoms in total. The van der Waals surface area contributed by atoms with Gasteiger partial charge >= 0.3 is 0 Å². The highest BCUT2D eigenvalue weighted by atomic mass is 16.5. The zero-order chi connectivity index (χ0) is 8.27. The molecule has 1 aromatic heterocycles. The van der Waals surface area contributed by atoms with Crippen LogP contribution in [0.2, 0.25) is 0 Å². The van der Waals surface area contributed by atoms with Crippen LogP contribution in [0.3, 0.4) is 0 Å². The lowest BCUT2D eigenvalue weighted by atomic mass is 10.3. The van der Waals surface area contributed by atoms with E-state index in [9.17, 15) is 0 Å². The largest absolute Gasteiger partial charge is 0.481 e. The summed E-state index contributed by atoms with van der Waals surface area (Å²) in [5.41, 5.74) is 1.98. The van der Waals surface area contributed by atoms with E-state index in [0.29, 0.717) is 5.88 Å². The van der Waals surface area contributed by atoms with Gasteiger partial charge in [0.2, 0.25) is 5.88 Å². The van der Waals surface area contributed by atoms with Gasteiger partial charge in [-0.15, -0.1) is 0 Å². The average molecular weight is 152 g/mol. The maximum atomic E-state index is 4.96. The average Bonchev–Trinajstić information content (AvgIpc) is 2.04. The first-order valence-electron chi connectivity index (χ1n) is 3.47. The van der Waals surface area contributed by atoms with E-state index in [-0.39, 0.29) is 0 Å². The number of anilines is 1. The van der Waals surface area contributed by atoms with Crippen LogP contribution in [0.4, 0.5) is 5.69 Å². The number of pyridine rings is 1. The van der Waals surface area contributed by atoms with Crippen molar-refractivity contribution in [3.8, 4) is 5.88 Å². The molecule has 0 saturated carbocycles. The first kappa shape index (κ1) is 7.85. The number of nitrogens with zero attached hydrogens (tertiary/aromatic N) is 1. The molecule has 3 heteroatoms. The lowest BCUT2D eigenvalue weighted by molar-refractivity contribution is 0.397. The topological polar surface area (TPSA) is 34.1 Å².